The molecule has 1 saturated heterocycles. The predicted molar refractivity (Wildman–Crippen MR) is 32.8 cm³/mol. The van der Waals surface area contributed by atoms with Gasteiger partial charge in [0.15, 0.2) is 0 Å². The molecular formula is C6H11NO2. The van der Waals surface area contributed by atoms with E-state index in [0.29, 0.717) is 6.42 Å². The molecule has 3 nitrogen and oxygen atoms in total. The Balaban J connectivity index is 2.23. The van der Waals surface area contributed by atoms with E-state index < -0.39 is 0 Å². The molecule has 52 valence electrons. The molecule has 1 heterocycles. The summed E-state index contributed by atoms with van der Waals surface area (Å²) in [6.07, 6.45) is 0.585. The Labute approximate surface area is 54.1 Å². The minimum Gasteiger partial charge on any atom is -0.396 e. The normalized spacial score (nSPS) is 28.7. The summed E-state index contributed by atoms with van der Waals surface area (Å²) < 4.78 is 0. The first kappa shape index (κ1) is 6.55. The van der Waals surface area contributed by atoms with Crippen LogP contribution in [0.15, 0.2) is 0 Å². The van der Waals surface area contributed by atoms with Gasteiger partial charge >= 0.3 is 0 Å². The third-order valence-electron chi connectivity index (χ3n) is 1.73. The number of carbonyl (C=O) groups excluding carboxylic acids is 1. The van der Waals surface area contributed by atoms with Crippen molar-refractivity contribution in [1.82, 2.24) is 5.32 Å². The van der Waals surface area contributed by atoms with E-state index in [1.165, 1.54) is 0 Å². The molecule has 0 radical (unpaired) electrons. The monoisotopic (exact) mass is 129 g/mol. The van der Waals surface area contributed by atoms with Crippen molar-refractivity contribution in [3.05, 3.63) is 0 Å². The molecule has 1 aliphatic rings. The molecule has 0 unspecified atom stereocenters. The maximum atomic E-state index is 10.3. The van der Waals surface area contributed by atoms with Crippen LogP contribution in [0.2, 0.25) is 0 Å². The van der Waals surface area contributed by atoms with Gasteiger partial charge in [0.1, 0.15) is 0 Å². The molecule has 1 aliphatic heterocycles. The van der Waals surface area contributed by atoms with Crippen LogP contribution in [0.1, 0.15) is 13.3 Å². The number of nitrogens with one attached hydrogen (secondary N) is 1. The van der Waals surface area contributed by atoms with E-state index in [4.69, 9.17) is 5.11 Å². The van der Waals surface area contributed by atoms with Crippen LogP contribution in [-0.4, -0.2) is 23.7 Å². The lowest BCUT2D eigenvalue weighted by Gasteiger charge is -2.31. The number of aliphatic hydroxyl groups is 1. The molecule has 2 N–H and O–H groups in total. The molecule has 2 atom stereocenters. The standard InChI is InChI=1S/C6H11NO2/c1-4(3-8)5-2-6(9)7-5/h4-5,8H,2-3H2,1H3,(H,7,9)/t4-,5+/m1/s1. The molecule has 0 aromatic rings. The minimum absolute atomic E-state index is 0.0975. The predicted octanol–water partition coefficient (Wildman–Crippen LogP) is -0.497. The first-order valence-electron chi connectivity index (χ1n) is 3.14. The lowest BCUT2D eigenvalue weighted by atomic mass is 9.94. The second-order valence-corrected chi connectivity index (χ2v) is 2.54. The van der Waals surface area contributed by atoms with Gasteiger partial charge in [-0.3, -0.25) is 4.79 Å². The van der Waals surface area contributed by atoms with Crippen LogP contribution >= 0.6 is 0 Å². The van der Waals surface area contributed by atoms with E-state index in [1.54, 1.807) is 0 Å². The molecule has 1 fully saturated rings. The van der Waals surface area contributed by atoms with Crippen molar-refractivity contribution < 1.29 is 9.90 Å². The Morgan fingerprint density at radius 1 is 2.00 bits per heavy atom. The van der Waals surface area contributed by atoms with E-state index in [9.17, 15) is 4.79 Å². The first-order valence-corrected chi connectivity index (χ1v) is 3.14. The molecule has 1 amide bonds. The van der Waals surface area contributed by atoms with Crippen molar-refractivity contribution in [3.8, 4) is 0 Å². The van der Waals surface area contributed by atoms with Gasteiger partial charge in [-0.2, -0.15) is 0 Å². The molecule has 3 heteroatoms. The number of aliphatic hydroxyl groups excluding tert-OH is 1. The average Bonchev–Trinajstić information content (AvgIpc) is 1.79. The van der Waals surface area contributed by atoms with E-state index in [1.807, 2.05) is 6.92 Å². The lowest BCUT2D eigenvalue weighted by Crippen LogP contribution is -2.52. The van der Waals surface area contributed by atoms with Crippen LogP contribution < -0.4 is 5.32 Å². The van der Waals surface area contributed by atoms with E-state index in [2.05, 4.69) is 5.32 Å². The highest BCUT2D eigenvalue weighted by Gasteiger charge is 2.29. The van der Waals surface area contributed by atoms with Crippen LogP contribution in [0.25, 0.3) is 0 Å². The summed E-state index contributed by atoms with van der Waals surface area (Å²) in [6, 6.07) is 0.225. The molecule has 0 aromatic heterocycles. The van der Waals surface area contributed by atoms with Gasteiger partial charge in [0.2, 0.25) is 5.91 Å². The lowest BCUT2D eigenvalue weighted by molar-refractivity contribution is -0.129. The molecular weight excluding hydrogens is 118 g/mol. The van der Waals surface area contributed by atoms with Gasteiger partial charge in [0, 0.05) is 19.1 Å². The summed E-state index contributed by atoms with van der Waals surface area (Å²) in [7, 11) is 0. The number of hydrogen-bond donors (Lipinski definition) is 2. The van der Waals surface area contributed by atoms with E-state index in [0.717, 1.165) is 0 Å². The minimum atomic E-state index is 0.0975. The van der Waals surface area contributed by atoms with Crippen LogP contribution in [0.4, 0.5) is 0 Å². The van der Waals surface area contributed by atoms with Crippen LogP contribution in [0, 0.1) is 5.92 Å². The Bertz CT molecular complexity index is 116. The van der Waals surface area contributed by atoms with Gasteiger partial charge in [-0.05, 0) is 5.92 Å². The van der Waals surface area contributed by atoms with Crippen LogP contribution in [0.5, 0.6) is 0 Å². The Hall–Kier alpha value is -0.570. The Morgan fingerprint density at radius 2 is 2.56 bits per heavy atom. The zero-order chi connectivity index (χ0) is 6.85. The van der Waals surface area contributed by atoms with Crippen molar-refractivity contribution in [2.24, 2.45) is 5.92 Å². The Morgan fingerprint density at radius 3 is 2.89 bits per heavy atom. The van der Waals surface area contributed by atoms with Crippen molar-refractivity contribution in [2.75, 3.05) is 6.61 Å². The highest BCUT2D eigenvalue weighted by Crippen LogP contribution is 2.13. The number of amides is 1. The van der Waals surface area contributed by atoms with Gasteiger partial charge in [-0.15, -0.1) is 0 Å². The average molecular weight is 129 g/mol. The van der Waals surface area contributed by atoms with Crippen molar-refractivity contribution in [2.45, 2.75) is 19.4 Å². The maximum Gasteiger partial charge on any atom is 0.222 e. The topological polar surface area (TPSA) is 49.3 Å². The summed E-state index contributed by atoms with van der Waals surface area (Å²) >= 11 is 0. The number of carbonyl (C=O) groups is 1. The number of β-lactam (4-membered cyclic amide) rings is 1. The summed E-state index contributed by atoms with van der Waals surface area (Å²) in [6.45, 7) is 2.08. The zero-order valence-corrected chi connectivity index (χ0v) is 5.42. The second kappa shape index (κ2) is 2.35. The van der Waals surface area contributed by atoms with Crippen LogP contribution in [0.3, 0.4) is 0 Å². The number of rotatable bonds is 2. The van der Waals surface area contributed by atoms with Gasteiger partial charge < -0.3 is 10.4 Å². The number of hydrogen-bond acceptors (Lipinski definition) is 2. The molecule has 0 bridgehead atoms. The molecule has 0 spiro atoms. The summed E-state index contributed by atoms with van der Waals surface area (Å²) in [5, 5.41) is 11.3. The van der Waals surface area contributed by atoms with Gasteiger partial charge in [0.25, 0.3) is 0 Å². The summed E-state index contributed by atoms with van der Waals surface area (Å²) in [5.41, 5.74) is 0. The summed E-state index contributed by atoms with van der Waals surface area (Å²) in [5.74, 6) is 0.308. The Kier molecular flexibility index (Phi) is 1.71. The van der Waals surface area contributed by atoms with E-state index in [-0.39, 0.29) is 24.5 Å². The fourth-order valence-electron chi connectivity index (χ4n) is 0.856. The van der Waals surface area contributed by atoms with Gasteiger partial charge in [-0.25, -0.2) is 0 Å². The maximum absolute atomic E-state index is 10.3. The highest BCUT2D eigenvalue weighted by atomic mass is 16.3. The second-order valence-electron chi connectivity index (χ2n) is 2.54. The quantitative estimate of drug-likeness (QED) is 0.494. The van der Waals surface area contributed by atoms with Gasteiger partial charge in [0.05, 0.1) is 0 Å². The molecule has 1 rings (SSSR count). The highest BCUT2D eigenvalue weighted by molar-refractivity contribution is 5.82. The zero-order valence-electron chi connectivity index (χ0n) is 5.42. The third kappa shape index (κ3) is 1.21. The SMILES string of the molecule is C[C@H](CO)[C@@H]1CC(=O)N1. The molecule has 9 heavy (non-hydrogen) atoms. The fourth-order valence-corrected chi connectivity index (χ4v) is 0.856. The molecule has 0 saturated carbocycles. The van der Waals surface area contributed by atoms with Crippen molar-refractivity contribution >= 4 is 5.91 Å². The van der Waals surface area contributed by atoms with E-state index >= 15 is 0 Å². The first-order chi connectivity index (χ1) is 4.24. The smallest absolute Gasteiger partial charge is 0.222 e. The summed E-state index contributed by atoms with van der Waals surface area (Å²) in [4.78, 5) is 10.3. The van der Waals surface area contributed by atoms with Crippen molar-refractivity contribution in [3.63, 3.8) is 0 Å². The molecule has 0 aromatic carbocycles. The largest absolute Gasteiger partial charge is 0.396 e. The molecule has 0 aliphatic carbocycles. The van der Waals surface area contributed by atoms with Crippen molar-refractivity contribution in [1.29, 1.82) is 0 Å². The van der Waals surface area contributed by atoms with Gasteiger partial charge in [-0.1, -0.05) is 6.92 Å². The fraction of sp³-hybridized carbons (Fsp3) is 0.833. The third-order valence-corrected chi connectivity index (χ3v) is 1.73. The van der Waals surface area contributed by atoms with Crippen LogP contribution in [-0.2, 0) is 4.79 Å².